The number of benzene rings is 2. The van der Waals surface area contributed by atoms with Crippen LogP contribution in [0.2, 0.25) is 0 Å². The van der Waals surface area contributed by atoms with Crippen molar-refractivity contribution in [1.82, 2.24) is 4.90 Å². The topological polar surface area (TPSA) is 84.7 Å². The summed E-state index contributed by atoms with van der Waals surface area (Å²) >= 11 is 0. The van der Waals surface area contributed by atoms with Gasteiger partial charge in [-0.3, -0.25) is 9.69 Å². The summed E-state index contributed by atoms with van der Waals surface area (Å²) in [5.41, 5.74) is 7.46. The Morgan fingerprint density at radius 2 is 1.71 bits per heavy atom. The number of primary amides is 1. The molecule has 2 aromatic carbocycles. The van der Waals surface area contributed by atoms with Crippen molar-refractivity contribution in [3.8, 4) is 5.75 Å². The van der Waals surface area contributed by atoms with Gasteiger partial charge in [-0.1, -0.05) is 62.4 Å². The van der Waals surface area contributed by atoms with E-state index in [9.17, 15) is 9.59 Å². The molecule has 0 atom stereocenters. The molecule has 0 bridgehead atoms. The molecule has 3 amide bonds. The Bertz CT molecular complexity index is 818. The van der Waals surface area contributed by atoms with E-state index in [4.69, 9.17) is 10.5 Å². The van der Waals surface area contributed by atoms with Crippen molar-refractivity contribution >= 4 is 17.6 Å². The molecule has 1 aliphatic carbocycles. The zero-order valence-electron chi connectivity index (χ0n) is 18.1. The minimum absolute atomic E-state index is 0.176. The van der Waals surface area contributed by atoms with Gasteiger partial charge in [-0.25, -0.2) is 4.79 Å². The molecule has 1 aliphatic rings. The van der Waals surface area contributed by atoms with Crippen LogP contribution in [0.1, 0.15) is 50.5 Å². The maximum Gasteiger partial charge on any atom is 0.321 e. The van der Waals surface area contributed by atoms with Gasteiger partial charge in [-0.2, -0.15) is 0 Å². The van der Waals surface area contributed by atoms with Gasteiger partial charge in [-0.15, -0.1) is 0 Å². The van der Waals surface area contributed by atoms with Gasteiger partial charge in [0.1, 0.15) is 12.4 Å². The van der Waals surface area contributed by atoms with Crippen molar-refractivity contribution in [3.63, 3.8) is 0 Å². The Kier molecular flexibility index (Phi) is 8.76. The van der Waals surface area contributed by atoms with Crippen LogP contribution in [0.5, 0.6) is 5.75 Å². The van der Waals surface area contributed by atoms with Crippen LogP contribution in [0, 0.1) is 5.92 Å². The summed E-state index contributed by atoms with van der Waals surface area (Å²) < 4.78 is 5.79. The van der Waals surface area contributed by atoms with Gasteiger partial charge in [0.15, 0.2) is 0 Å². The summed E-state index contributed by atoms with van der Waals surface area (Å²) in [5, 5.41) is 3.23. The molecule has 6 heteroatoms. The quantitative estimate of drug-likeness (QED) is 0.566. The van der Waals surface area contributed by atoms with Crippen LogP contribution in [0.3, 0.4) is 0 Å². The van der Waals surface area contributed by atoms with Crippen molar-refractivity contribution in [2.24, 2.45) is 11.7 Å². The van der Waals surface area contributed by atoms with Crippen molar-refractivity contribution in [3.05, 3.63) is 60.2 Å². The van der Waals surface area contributed by atoms with Crippen molar-refractivity contribution < 1.29 is 14.3 Å². The highest BCUT2D eigenvalue weighted by Crippen LogP contribution is 2.27. The van der Waals surface area contributed by atoms with Gasteiger partial charge in [0.05, 0.1) is 0 Å². The second kappa shape index (κ2) is 12.0. The molecule has 3 rings (SSSR count). The summed E-state index contributed by atoms with van der Waals surface area (Å²) in [6, 6.07) is 16.9. The predicted octanol–water partition coefficient (Wildman–Crippen LogP) is 4.95. The number of hydrogen-bond donors (Lipinski definition) is 2. The fourth-order valence-electron chi connectivity index (χ4n) is 4.02. The first-order valence-electron chi connectivity index (χ1n) is 11.2. The van der Waals surface area contributed by atoms with Crippen molar-refractivity contribution in [2.75, 3.05) is 18.4 Å². The van der Waals surface area contributed by atoms with Crippen LogP contribution >= 0.6 is 0 Å². The lowest BCUT2D eigenvalue weighted by molar-refractivity contribution is -0.128. The van der Waals surface area contributed by atoms with E-state index in [1.165, 1.54) is 32.1 Å². The van der Waals surface area contributed by atoms with E-state index in [1.54, 1.807) is 0 Å². The van der Waals surface area contributed by atoms with E-state index < -0.39 is 6.03 Å². The van der Waals surface area contributed by atoms with Crippen LogP contribution < -0.4 is 15.8 Å². The smallest absolute Gasteiger partial charge is 0.321 e. The molecule has 31 heavy (non-hydrogen) atoms. The third-order valence-corrected chi connectivity index (χ3v) is 5.83. The predicted molar refractivity (Wildman–Crippen MR) is 123 cm³/mol. The molecule has 6 nitrogen and oxygen atoms in total. The number of anilines is 1. The lowest BCUT2D eigenvalue weighted by atomic mass is 9.86. The lowest BCUT2D eigenvalue weighted by Gasteiger charge is -2.23. The second-order valence-corrected chi connectivity index (χ2v) is 8.15. The van der Waals surface area contributed by atoms with E-state index in [2.05, 4.69) is 5.32 Å². The van der Waals surface area contributed by atoms with E-state index in [0.717, 1.165) is 28.3 Å². The number of amides is 3. The molecular formula is C25H33N3O3. The summed E-state index contributed by atoms with van der Waals surface area (Å²) in [4.78, 5) is 25.4. The van der Waals surface area contributed by atoms with Gasteiger partial charge >= 0.3 is 6.03 Å². The van der Waals surface area contributed by atoms with Gasteiger partial charge in [0, 0.05) is 25.2 Å². The molecule has 0 unspecified atom stereocenters. The molecule has 1 fully saturated rings. The molecule has 1 saturated carbocycles. The van der Waals surface area contributed by atoms with Gasteiger partial charge in [0.25, 0.3) is 0 Å². The number of carbonyl (C=O) groups excluding carboxylic acids is 2. The zero-order valence-corrected chi connectivity index (χ0v) is 18.1. The average molecular weight is 424 g/mol. The first kappa shape index (κ1) is 22.7. The molecule has 0 heterocycles. The van der Waals surface area contributed by atoms with Gasteiger partial charge in [0.2, 0.25) is 5.91 Å². The number of imide groups is 1. The summed E-state index contributed by atoms with van der Waals surface area (Å²) in [5.74, 6) is 1.21. The number of urea groups is 1. The van der Waals surface area contributed by atoms with Crippen molar-refractivity contribution in [1.29, 1.82) is 0 Å². The van der Waals surface area contributed by atoms with E-state index >= 15 is 0 Å². The Morgan fingerprint density at radius 1 is 1.00 bits per heavy atom. The normalized spacial score (nSPS) is 14.1. The number of nitrogens with two attached hydrogens (primary N) is 1. The minimum Gasteiger partial charge on any atom is -0.489 e. The highest BCUT2D eigenvalue weighted by molar-refractivity contribution is 5.93. The fourth-order valence-corrected chi connectivity index (χ4v) is 4.02. The Balaban J connectivity index is 1.40. The first-order chi connectivity index (χ1) is 15.1. The van der Waals surface area contributed by atoms with Gasteiger partial charge < -0.3 is 15.8 Å². The molecule has 2 aromatic rings. The molecule has 0 radical (unpaired) electrons. The molecule has 0 saturated heterocycles. The molecule has 0 aromatic heterocycles. The first-order valence-corrected chi connectivity index (χ1v) is 11.2. The van der Waals surface area contributed by atoms with Crippen LogP contribution in [0.15, 0.2) is 54.6 Å². The molecule has 166 valence electrons. The fraction of sp³-hybridized carbons (Fsp3) is 0.440. The number of rotatable bonds is 10. The number of carbonyl (C=O) groups is 2. The third-order valence-electron chi connectivity index (χ3n) is 5.83. The van der Waals surface area contributed by atoms with Crippen LogP contribution in [0.4, 0.5) is 10.5 Å². The Labute approximate surface area is 184 Å². The zero-order chi connectivity index (χ0) is 21.9. The van der Waals surface area contributed by atoms with E-state index in [1.807, 2.05) is 54.6 Å². The van der Waals surface area contributed by atoms with E-state index in [0.29, 0.717) is 25.5 Å². The standard InChI is InChI=1S/C25H33N3O3/c26-25(30)28(24(29)16-11-20-7-3-1-4-8-20)18-17-27-22-12-14-23(15-13-22)31-19-21-9-5-2-6-10-21/h2,5-6,9-10,12-15,20,27H,1,3-4,7-8,11,16-19H2,(H2,26,30). The number of nitrogens with zero attached hydrogens (tertiary/aromatic N) is 1. The summed E-state index contributed by atoms with van der Waals surface area (Å²) in [6.45, 7) is 1.22. The molecular weight excluding hydrogens is 390 g/mol. The van der Waals surface area contributed by atoms with Crippen LogP contribution in [0.25, 0.3) is 0 Å². The lowest BCUT2D eigenvalue weighted by Crippen LogP contribution is -2.43. The Hall–Kier alpha value is -3.02. The highest BCUT2D eigenvalue weighted by atomic mass is 16.5. The largest absolute Gasteiger partial charge is 0.489 e. The average Bonchev–Trinajstić information content (AvgIpc) is 2.81. The third kappa shape index (κ3) is 7.63. The van der Waals surface area contributed by atoms with Crippen molar-refractivity contribution in [2.45, 2.75) is 51.6 Å². The number of ether oxygens (including phenoxy) is 1. The SMILES string of the molecule is NC(=O)N(CCNc1ccc(OCc2ccccc2)cc1)C(=O)CCC1CCCCC1. The monoisotopic (exact) mass is 423 g/mol. The maximum absolute atomic E-state index is 12.5. The summed E-state index contributed by atoms with van der Waals surface area (Å²) in [7, 11) is 0. The van der Waals surface area contributed by atoms with Crippen LogP contribution in [-0.2, 0) is 11.4 Å². The van der Waals surface area contributed by atoms with E-state index in [-0.39, 0.29) is 12.5 Å². The molecule has 0 aliphatic heterocycles. The minimum atomic E-state index is -0.680. The molecule has 0 spiro atoms. The summed E-state index contributed by atoms with van der Waals surface area (Å²) in [6.07, 6.45) is 7.41. The Morgan fingerprint density at radius 3 is 2.39 bits per heavy atom. The van der Waals surface area contributed by atoms with Crippen LogP contribution in [-0.4, -0.2) is 29.9 Å². The molecule has 3 N–H and O–H groups in total. The second-order valence-electron chi connectivity index (χ2n) is 8.15. The number of hydrogen-bond acceptors (Lipinski definition) is 4. The van der Waals surface area contributed by atoms with Gasteiger partial charge in [-0.05, 0) is 42.2 Å². The maximum atomic E-state index is 12.5. The highest BCUT2D eigenvalue weighted by Gasteiger charge is 2.21. The number of nitrogens with one attached hydrogen (secondary N) is 1.